The molecule has 0 amide bonds. The van der Waals surface area contributed by atoms with Gasteiger partial charge in [-0.15, -0.1) is 0 Å². The van der Waals surface area contributed by atoms with Crippen LogP contribution in [0.4, 0.5) is 0 Å². The largest absolute Gasteiger partial charge is 0.459 e. The number of benzene rings is 4. The van der Waals surface area contributed by atoms with E-state index in [0.717, 1.165) is 0 Å². The summed E-state index contributed by atoms with van der Waals surface area (Å²) in [5.74, 6) is -3.07. The highest BCUT2D eigenvalue weighted by Gasteiger charge is 2.63. The number of carbonyl (C=O) groups excluding carboxylic acids is 4. The summed E-state index contributed by atoms with van der Waals surface area (Å²) in [6.07, 6.45) is -3.16. The van der Waals surface area contributed by atoms with Crippen molar-refractivity contribution in [2.75, 3.05) is 6.61 Å². The average Bonchev–Trinajstić information content (AvgIpc) is 3.35. The van der Waals surface area contributed by atoms with Gasteiger partial charge in [-0.05, 0) is 54.6 Å². The highest BCUT2D eigenvalue weighted by molar-refractivity contribution is 5.92. The molecule has 0 spiro atoms. The summed E-state index contributed by atoms with van der Waals surface area (Å²) in [7, 11) is 0. The molecule has 0 aromatic heterocycles. The normalized spacial score (nSPS) is 20.6. The summed E-state index contributed by atoms with van der Waals surface area (Å²) in [4.78, 5) is 52.8. The van der Waals surface area contributed by atoms with E-state index in [4.69, 9.17) is 23.7 Å². The number of hydrogen-bond donors (Lipinski definition) is 0. The molecular weight excluding hydrogens is 564 g/mol. The Kier molecular flexibility index (Phi) is 9.27. The quantitative estimate of drug-likeness (QED) is 0.135. The molecule has 4 aromatic carbocycles. The van der Waals surface area contributed by atoms with Gasteiger partial charge in [0.2, 0.25) is 5.60 Å². The number of carbonyl (C=O) groups is 4. The molecule has 44 heavy (non-hydrogen) atoms. The Bertz CT molecular complexity index is 1610. The van der Waals surface area contributed by atoms with Crippen molar-refractivity contribution in [1.82, 2.24) is 0 Å². The molecule has 0 bridgehead atoms. The van der Waals surface area contributed by atoms with Crippen LogP contribution in [0.1, 0.15) is 41.4 Å². The fourth-order valence-corrected chi connectivity index (χ4v) is 4.64. The second-order valence-corrected chi connectivity index (χ2v) is 9.75. The maximum absolute atomic E-state index is 13.4. The standard InChI is InChI=1S/C35H28O9/c1-2-35(44-33(39)27-21-13-6-14-22-27)29(42-31(37)25-17-9-4-10-18-25)28(23-40-30(36)24-15-7-3-8-16-24)41-34(35)43-32(38)26-19-11-5-12-20-26/h2-22,28-29,34H,1,23H2/t28-,29-,34+,35-/m1/s1. The molecule has 5 rings (SSSR count). The molecule has 1 aliphatic heterocycles. The third-order valence-corrected chi connectivity index (χ3v) is 6.90. The maximum Gasteiger partial charge on any atom is 0.340 e. The third-order valence-electron chi connectivity index (χ3n) is 6.90. The van der Waals surface area contributed by atoms with Gasteiger partial charge >= 0.3 is 23.9 Å². The van der Waals surface area contributed by atoms with Crippen molar-refractivity contribution in [1.29, 1.82) is 0 Å². The lowest BCUT2D eigenvalue weighted by Gasteiger charge is -2.34. The van der Waals surface area contributed by atoms with E-state index in [1.165, 1.54) is 30.3 Å². The average molecular weight is 593 g/mol. The van der Waals surface area contributed by atoms with Crippen LogP contribution in [0.5, 0.6) is 0 Å². The zero-order valence-electron chi connectivity index (χ0n) is 23.4. The third kappa shape index (κ3) is 6.58. The fourth-order valence-electron chi connectivity index (χ4n) is 4.64. The molecule has 0 unspecified atom stereocenters. The van der Waals surface area contributed by atoms with Crippen molar-refractivity contribution < 1.29 is 42.9 Å². The zero-order chi connectivity index (χ0) is 30.9. The van der Waals surface area contributed by atoms with Crippen molar-refractivity contribution in [2.24, 2.45) is 0 Å². The number of esters is 4. The van der Waals surface area contributed by atoms with Gasteiger partial charge in [0.15, 0.2) is 6.10 Å². The lowest BCUT2D eigenvalue weighted by molar-refractivity contribution is -0.164. The Morgan fingerprint density at radius 2 is 1.02 bits per heavy atom. The first kappa shape index (κ1) is 29.9. The minimum absolute atomic E-state index is 0.175. The van der Waals surface area contributed by atoms with Crippen LogP contribution >= 0.6 is 0 Å². The summed E-state index contributed by atoms with van der Waals surface area (Å²) in [5, 5.41) is 0. The van der Waals surface area contributed by atoms with Crippen LogP contribution < -0.4 is 0 Å². The van der Waals surface area contributed by atoms with Gasteiger partial charge < -0.3 is 23.7 Å². The highest BCUT2D eigenvalue weighted by Crippen LogP contribution is 2.40. The van der Waals surface area contributed by atoms with Crippen molar-refractivity contribution in [3.63, 3.8) is 0 Å². The summed E-state index contributed by atoms with van der Waals surface area (Å²) in [6.45, 7) is 3.41. The summed E-state index contributed by atoms with van der Waals surface area (Å²) in [6, 6.07) is 32.6. The van der Waals surface area contributed by atoms with Gasteiger partial charge in [0.25, 0.3) is 6.29 Å². The molecular formula is C35H28O9. The van der Waals surface area contributed by atoms with Gasteiger partial charge in [0.05, 0.1) is 22.3 Å². The molecule has 222 valence electrons. The number of ether oxygens (including phenoxy) is 5. The Balaban J connectivity index is 1.52. The maximum atomic E-state index is 13.4. The van der Waals surface area contributed by atoms with Crippen molar-refractivity contribution in [3.05, 3.63) is 156 Å². The highest BCUT2D eigenvalue weighted by atomic mass is 16.8. The van der Waals surface area contributed by atoms with E-state index in [0.29, 0.717) is 0 Å². The lowest BCUT2D eigenvalue weighted by Crippen LogP contribution is -2.53. The minimum Gasteiger partial charge on any atom is -0.459 e. The van der Waals surface area contributed by atoms with Gasteiger partial charge in [-0.2, -0.15) is 0 Å². The molecule has 9 nitrogen and oxygen atoms in total. The second kappa shape index (κ2) is 13.6. The van der Waals surface area contributed by atoms with Crippen LogP contribution in [0, 0.1) is 0 Å². The molecule has 4 atom stereocenters. The minimum atomic E-state index is -2.05. The second-order valence-electron chi connectivity index (χ2n) is 9.75. The van der Waals surface area contributed by atoms with Crippen LogP contribution in [0.25, 0.3) is 0 Å². The van der Waals surface area contributed by atoms with Crippen LogP contribution in [0.3, 0.4) is 0 Å². The van der Waals surface area contributed by atoms with E-state index in [2.05, 4.69) is 6.58 Å². The van der Waals surface area contributed by atoms with Gasteiger partial charge in [-0.25, -0.2) is 19.2 Å². The molecule has 1 fully saturated rings. The summed E-state index contributed by atoms with van der Waals surface area (Å²) < 4.78 is 29.2. The lowest BCUT2D eigenvalue weighted by atomic mass is 9.94. The van der Waals surface area contributed by atoms with Gasteiger partial charge in [-0.1, -0.05) is 79.4 Å². The van der Waals surface area contributed by atoms with Crippen LogP contribution in [-0.2, 0) is 23.7 Å². The SMILES string of the molecule is C=C[C@]1(OC(=O)c2ccccc2)[C@H](OC(=O)c2ccccc2)O[C@H](COC(=O)c2ccccc2)[C@H]1OC(=O)c1ccccc1. The summed E-state index contributed by atoms with van der Waals surface area (Å²) >= 11 is 0. The molecule has 0 aliphatic carbocycles. The van der Waals surface area contributed by atoms with Crippen LogP contribution in [0.15, 0.2) is 134 Å². The summed E-state index contributed by atoms with van der Waals surface area (Å²) in [5.41, 5.74) is -1.20. The molecule has 0 N–H and O–H groups in total. The van der Waals surface area contributed by atoms with Crippen molar-refractivity contribution in [3.8, 4) is 0 Å². The smallest absolute Gasteiger partial charge is 0.340 e. The molecule has 4 aromatic rings. The molecule has 1 aliphatic rings. The monoisotopic (exact) mass is 592 g/mol. The van der Waals surface area contributed by atoms with Gasteiger partial charge in [0.1, 0.15) is 12.7 Å². The van der Waals surface area contributed by atoms with E-state index < -0.39 is 54.6 Å². The first-order valence-electron chi connectivity index (χ1n) is 13.7. The van der Waals surface area contributed by atoms with Crippen molar-refractivity contribution in [2.45, 2.75) is 24.1 Å². The van der Waals surface area contributed by atoms with Crippen LogP contribution in [0.2, 0.25) is 0 Å². The fraction of sp³-hybridized carbons (Fsp3) is 0.143. The van der Waals surface area contributed by atoms with E-state index in [-0.39, 0.29) is 22.3 Å². The molecule has 1 saturated heterocycles. The molecule has 0 saturated carbocycles. The van der Waals surface area contributed by atoms with E-state index >= 15 is 0 Å². The van der Waals surface area contributed by atoms with Gasteiger partial charge in [0, 0.05) is 0 Å². The van der Waals surface area contributed by atoms with Crippen LogP contribution in [-0.4, -0.2) is 54.6 Å². The Labute approximate surface area is 253 Å². The van der Waals surface area contributed by atoms with Crippen molar-refractivity contribution >= 4 is 23.9 Å². The first-order valence-corrected chi connectivity index (χ1v) is 13.7. The van der Waals surface area contributed by atoms with E-state index in [1.54, 1.807) is 97.1 Å². The Hall–Kier alpha value is -5.54. The Morgan fingerprint density at radius 3 is 1.48 bits per heavy atom. The van der Waals surface area contributed by atoms with E-state index in [9.17, 15) is 19.2 Å². The number of hydrogen-bond acceptors (Lipinski definition) is 9. The Morgan fingerprint density at radius 1 is 0.614 bits per heavy atom. The predicted octanol–water partition coefficient (Wildman–Crippen LogP) is 5.43. The predicted molar refractivity (Wildman–Crippen MR) is 158 cm³/mol. The molecule has 1 heterocycles. The zero-order valence-corrected chi connectivity index (χ0v) is 23.4. The van der Waals surface area contributed by atoms with Gasteiger partial charge in [-0.3, -0.25) is 0 Å². The molecule has 9 heteroatoms. The number of rotatable bonds is 10. The van der Waals surface area contributed by atoms with E-state index in [1.807, 2.05) is 0 Å². The topological polar surface area (TPSA) is 114 Å². The molecule has 0 radical (unpaired) electrons. The first-order chi connectivity index (χ1) is 21.4.